The molecule has 1 aliphatic rings. The van der Waals surface area contributed by atoms with Crippen molar-refractivity contribution < 1.29 is 17.5 Å². The number of benzene rings is 2. The summed E-state index contributed by atoms with van der Waals surface area (Å²) in [6.45, 7) is 0.646. The summed E-state index contributed by atoms with van der Waals surface area (Å²) >= 11 is 0. The SMILES string of the molecule is Cn1c(NCc2c(F)ccc3c2OCC3)ncc(-c2ccc(S(C)(=O)=O)cc2)c1=O. The Balaban J connectivity index is 1.60. The fourth-order valence-electron chi connectivity index (χ4n) is 3.41. The van der Waals surface area contributed by atoms with Crippen molar-refractivity contribution in [2.45, 2.75) is 17.9 Å². The molecule has 0 fully saturated rings. The summed E-state index contributed by atoms with van der Waals surface area (Å²) in [4.78, 5) is 17.3. The van der Waals surface area contributed by atoms with Gasteiger partial charge in [0.15, 0.2) is 9.84 Å². The average molecular weight is 429 g/mol. The molecule has 7 nitrogen and oxygen atoms in total. The van der Waals surface area contributed by atoms with Crippen LogP contribution in [-0.2, 0) is 29.9 Å². The van der Waals surface area contributed by atoms with Crippen molar-refractivity contribution in [3.05, 3.63) is 69.9 Å². The summed E-state index contributed by atoms with van der Waals surface area (Å²) in [7, 11) is -1.75. The number of aromatic nitrogens is 2. The maximum Gasteiger partial charge on any atom is 0.262 e. The van der Waals surface area contributed by atoms with Crippen molar-refractivity contribution in [1.82, 2.24) is 9.55 Å². The molecule has 1 aromatic heterocycles. The predicted molar refractivity (Wildman–Crippen MR) is 111 cm³/mol. The second kappa shape index (κ2) is 7.56. The molecule has 30 heavy (non-hydrogen) atoms. The van der Waals surface area contributed by atoms with Crippen LogP contribution in [0.2, 0.25) is 0 Å². The number of nitrogens with one attached hydrogen (secondary N) is 1. The van der Waals surface area contributed by atoms with Gasteiger partial charge in [-0.25, -0.2) is 17.8 Å². The molecule has 0 atom stereocenters. The van der Waals surface area contributed by atoms with Crippen LogP contribution in [0.4, 0.5) is 10.3 Å². The molecule has 1 N–H and O–H groups in total. The highest BCUT2D eigenvalue weighted by Gasteiger charge is 2.20. The molecule has 0 spiro atoms. The lowest BCUT2D eigenvalue weighted by Gasteiger charge is -2.14. The second-order valence-electron chi connectivity index (χ2n) is 7.12. The van der Waals surface area contributed by atoms with Crippen LogP contribution in [0.5, 0.6) is 5.75 Å². The molecular formula is C21H20FN3O4S. The number of rotatable bonds is 5. The molecule has 0 unspecified atom stereocenters. The van der Waals surface area contributed by atoms with Crippen molar-refractivity contribution >= 4 is 15.8 Å². The number of hydrogen-bond donors (Lipinski definition) is 1. The number of hydrogen-bond acceptors (Lipinski definition) is 6. The average Bonchev–Trinajstić information content (AvgIpc) is 3.18. The van der Waals surface area contributed by atoms with Gasteiger partial charge < -0.3 is 10.1 Å². The standard InChI is InChI=1S/C21H20FN3O4S/c1-25-20(26)16(13-3-6-15(7-4-13)30(2,27)28)11-23-21(25)24-12-17-18(22)8-5-14-9-10-29-19(14)17/h3-8,11H,9-10,12H2,1-2H3,(H,23,24). The van der Waals surface area contributed by atoms with Crippen LogP contribution in [-0.4, -0.2) is 30.8 Å². The lowest BCUT2D eigenvalue weighted by Crippen LogP contribution is -2.23. The van der Waals surface area contributed by atoms with Crippen LogP contribution in [0.1, 0.15) is 11.1 Å². The summed E-state index contributed by atoms with van der Waals surface area (Å²) in [6, 6.07) is 9.19. The molecule has 2 aromatic carbocycles. The molecule has 9 heteroatoms. The van der Waals surface area contributed by atoms with Crippen LogP contribution in [0.15, 0.2) is 52.3 Å². The summed E-state index contributed by atoms with van der Waals surface area (Å²) < 4.78 is 44.4. The van der Waals surface area contributed by atoms with Crippen molar-refractivity contribution in [2.75, 3.05) is 18.2 Å². The number of anilines is 1. The third kappa shape index (κ3) is 3.68. The quantitative estimate of drug-likeness (QED) is 0.670. The van der Waals surface area contributed by atoms with Gasteiger partial charge in [0.25, 0.3) is 5.56 Å². The Kier molecular flexibility index (Phi) is 5.07. The highest BCUT2D eigenvalue weighted by molar-refractivity contribution is 7.90. The number of sulfone groups is 1. The van der Waals surface area contributed by atoms with Gasteiger partial charge in [0, 0.05) is 38.0 Å². The Morgan fingerprint density at radius 1 is 1.20 bits per heavy atom. The van der Waals surface area contributed by atoms with E-state index in [4.69, 9.17) is 4.74 Å². The van der Waals surface area contributed by atoms with Gasteiger partial charge in [-0.1, -0.05) is 18.2 Å². The van der Waals surface area contributed by atoms with Crippen molar-refractivity contribution in [3.63, 3.8) is 0 Å². The maximum atomic E-state index is 14.3. The lowest BCUT2D eigenvalue weighted by atomic mass is 10.1. The second-order valence-corrected chi connectivity index (χ2v) is 9.14. The van der Waals surface area contributed by atoms with Crippen LogP contribution in [0.3, 0.4) is 0 Å². The zero-order chi connectivity index (χ0) is 21.5. The van der Waals surface area contributed by atoms with Crippen molar-refractivity contribution in [1.29, 1.82) is 0 Å². The van der Waals surface area contributed by atoms with E-state index < -0.39 is 9.84 Å². The summed E-state index contributed by atoms with van der Waals surface area (Å²) in [5, 5.41) is 3.00. The smallest absolute Gasteiger partial charge is 0.262 e. The van der Waals surface area contributed by atoms with Gasteiger partial charge in [0.05, 0.1) is 17.1 Å². The third-order valence-electron chi connectivity index (χ3n) is 5.09. The molecule has 0 amide bonds. The van der Waals surface area contributed by atoms with E-state index in [1.54, 1.807) is 25.2 Å². The van der Waals surface area contributed by atoms with E-state index in [0.29, 0.717) is 29.0 Å². The maximum absolute atomic E-state index is 14.3. The minimum absolute atomic E-state index is 0.123. The zero-order valence-corrected chi connectivity index (χ0v) is 17.3. The first-order valence-corrected chi connectivity index (χ1v) is 11.2. The molecule has 2 heterocycles. The highest BCUT2D eigenvalue weighted by atomic mass is 32.2. The van der Waals surface area contributed by atoms with Gasteiger partial charge in [-0.3, -0.25) is 9.36 Å². The summed E-state index contributed by atoms with van der Waals surface area (Å²) in [5.74, 6) is 0.456. The molecule has 4 rings (SSSR count). The monoisotopic (exact) mass is 429 g/mol. The Morgan fingerprint density at radius 2 is 1.93 bits per heavy atom. The normalized spacial score (nSPS) is 13.0. The minimum Gasteiger partial charge on any atom is -0.492 e. The Bertz CT molecular complexity index is 1280. The highest BCUT2D eigenvalue weighted by Crippen LogP contribution is 2.32. The van der Waals surface area contributed by atoms with Crippen molar-refractivity contribution in [2.24, 2.45) is 7.05 Å². The van der Waals surface area contributed by atoms with Crippen LogP contribution in [0, 0.1) is 5.82 Å². The van der Waals surface area contributed by atoms with Crippen LogP contribution in [0.25, 0.3) is 11.1 Å². The molecule has 0 bridgehead atoms. The van der Waals surface area contributed by atoms with Gasteiger partial charge in [0.2, 0.25) is 5.95 Å². The van der Waals surface area contributed by atoms with Crippen LogP contribution < -0.4 is 15.6 Å². The molecular weight excluding hydrogens is 409 g/mol. The minimum atomic E-state index is -3.32. The van der Waals surface area contributed by atoms with Crippen LogP contribution >= 0.6 is 0 Å². The number of halogens is 1. The largest absolute Gasteiger partial charge is 0.492 e. The Hall–Kier alpha value is -3.20. The fraction of sp³-hybridized carbons (Fsp3) is 0.238. The van der Waals surface area contributed by atoms with E-state index in [-0.39, 0.29) is 28.8 Å². The third-order valence-corrected chi connectivity index (χ3v) is 6.22. The topological polar surface area (TPSA) is 90.3 Å². The Labute approximate surface area is 173 Å². The van der Waals surface area contributed by atoms with Gasteiger partial charge >= 0.3 is 0 Å². The lowest BCUT2D eigenvalue weighted by molar-refractivity contribution is 0.351. The summed E-state index contributed by atoms with van der Waals surface area (Å²) in [6.07, 6.45) is 3.29. The molecule has 156 valence electrons. The molecule has 0 saturated heterocycles. The summed E-state index contributed by atoms with van der Waals surface area (Å²) in [5.41, 5.74) is 1.94. The van der Waals surface area contributed by atoms with E-state index in [9.17, 15) is 17.6 Å². The van der Waals surface area contributed by atoms with Gasteiger partial charge in [-0.15, -0.1) is 0 Å². The van der Waals surface area contributed by atoms with Gasteiger partial charge in [-0.05, 0) is 29.3 Å². The fourth-order valence-corrected chi connectivity index (χ4v) is 4.04. The van der Waals surface area contributed by atoms with Gasteiger partial charge in [0.1, 0.15) is 11.6 Å². The first-order chi connectivity index (χ1) is 14.3. The Morgan fingerprint density at radius 3 is 2.63 bits per heavy atom. The number of ether oxygens (including phenoxy) is 1. The first-order valence-electron chi connectivity index (χ1n) is 9.29. The number of nitrogens with zero attached hydrogens (tertiary/aromatic N) is 2. The molecule has 0 aliphatic carbocycles. The zero-order valence-electron chi connectivity index (χ0n) is 16.5. The van der Waals surface area contributed by atoms with Gasteiger partial charge in [-0.2, -0.15) is 0 Å². The van der Waals surface area contributed by atoms with E-state index in [1.165, 1.54) is 29.0 Å². The van der Waals surface area contributed by atoms with E-state index in [0.717, 1.165) is 18.2 Å². The predicted octanol–water partition coefficient (Wildman–Crippen LogP) is 2.54. The van der Waals surface area contributed by atoms with Crippen molar-refractivity contribution in [3.8, 4) is 16.9 Å². The number of fused-ring (bicyclic) bond motifs is 1. The molecule has 0 saturated carbocycles. The van der Waals surface area contributed by atoms with E-state index >= 15 is 0 Å². The molecule has 3 aromatic rings. The van der Waals surface area contributed by atoms with E-state index in [2.05, 4.69) is 10.3 Å². The first kappa shape index (κ1) is 20.1. The molecule has 0 radical (unpaired) electrons. The molecule has 1 aliphatic heterocycles. The van der Waals surface area contributed by atoms with E-state index in [1.807, 2.05) is 0 Å².